The van der Waals surface area contributed by atoms with E-state index < -0.39 is 22.5 Å². The van der Waals surface area contributed by atoms with Gasteiger partial charge in [0.2, 0.25) is 5.91 Å². The van der Waals surface area contributed by atoms with Gasteiger partial charge in [0.15, 0.2) is 5.54 Å². The SMILES string of the molecule is CC12C[C@]1(C(=O)OCc1ccc([N+](=O)[O-])cc1)N1C(=O)[C@@H](N)[C@@H]1S2. The Labute approximate surface area is 141 Å². The fourth-order valence-corrected chi connectivity index (χ4v) is 5.43. The third kappa shape index (κ3) is 1.79. The molecule has 1 aliphatic carbocycles. The fourth-order valence-electron chi connectivity index (χ4n) is 3.58. The number of thioether (sulfide) groups is 1. The molecule has 2 saturated heterocycles. The van der Waals surface area contributed by atoms with E-state index >= 15 is 0 Å². The molecule has 2 heterocycles. The Hall–Kier alpha value is -2.13. The van der Waals surface area contributed by atoms with Crippen molar-refractivity contribution in [1.82, 2.24) is 4.90 Å². The summed E-state index contributed by atoms with van der Waals surface area (Å²) in [5.74, 6) is -0.639. The largest absolute Gasteiger partial charge is 0.459 e. The Morgan fingerprint density at radius 1 is 1.50 bits per heavy atom. The number of nitrogens with zero attached hydrogens (tertiary/aromatic N) is 2. The van der Waals surface area contributed by atoms with Crippen LogP contribution in [0, 0.1) is 10.1 Å². The van der Waals surface area contributed by atoms with E-state index in [2.05, 4.69) is 0 Å². The minimum Gasteiger partial charge on any atom is -0.459 e. The van der Waals surface area contributed by atoms with Crippen molar-refractivity contribution in [3.8, 4) is 0 Å². The molecule has 3 aliphatic rings. The zero-order chi connectivity index (χ0) is 17.3. The Balaban J connectivity index is 1.46. The van der Waals surface area contributed by atoms with Gasteiger partial charge in [-0.3, -0.25) is 14.9 Å². The predicted octanol–water partition coefficient (Wildman–Crippen LogP) is 0.782. The minimum absolute atomic E-state index is 0.0120. The van der Waals surface area contributed by atoms with Gasteiger partial charge in [0, 0.05) is 18.6 Å². The molecule has 1 saturated carbocycles. The zero-order valence-electron chi connectivity index (χ0n) is 12.8. The summed E-state index contributed by atoms with van der Waals surface area (Å²) in [5.41, 5.74) is 5.52. The summed E-state index contributed by atoms with van der Waals surface area (Å²) < 4.78 is 5.06. The summed E-state index contributed by atoms with van der Waals surface area (Å²) in [6.45, 7) is 1.96. The van der Waals surface area contributed by atoms with Crippen LogP contribution in [-0.2, 0) is 20.9 Å². The highest BCUT2D eigenvalue weighted by atomic mass is 32.2. The Kier molecular flexibility index (Phi) is 3.02. The summed E-state index contributed by atoms with van der Waals surface area (Å²) in [4.78, 5) is 36.4. The van der Waals surface area contributed by atoms with Crippen LogP contribution in [0.4, 0.5) is 5.69 Å². The lowest BCUT2D eigenvalue weighted by atomic mass is 10.0. The standard InChI is InChI=1S/C15H15N3O5S/c1-14-7-15(14,17-11(19)10(16)12(17)24-14)13(20)23-6-8-2-4-9(5-3-8)18(21)22/h2-5,10,12H,6-7,16H2,1H3/t10-,12+,14?,15-/m1/s1. The number of nitrogens with two attached hydrogens (primary N) is 1. The van der Waals surface area contributed by atoms with Crippen molar-refractivity contribution >= 4 is 29.3 Å². The summed E-state index contributed by atoms with van der Waals surface area (Å²) in [6.07, 6.45) is 0.568. The van der Waals surface area contributed by atoms with Crippen LogP contribution < -0.4 is 5.73 Å². The minimum atomic E-state index is -0.907. The summed E-state index contributed by atoms with van der Waals surface area (Å²) in [7, 11) is 0. The van der Waals surface area contributed by atoms with E-state index in [4.69, 9.17) is 10.5 Å². The highest BCUT2D eigenvalue weighted by Crippen LogP contribution is 2.71. The molecule has 8 nitrogen and oxygen atoms in total. The van der Waals surface area contributed by atoms with Gasteiger partial charge < -0.3 is 15.4 Å². The molecular weight excluding hydrogens is 334 g/mol. The number of non-ortho nitro benzene ring substituents is 1. The van der Waals surface area contributed by atoms with Gasteiger partial charge in [-0.05, 0) is 24.6 Å². The summed E-state index contributed by atoms with van der Waals surface area (Å²) >= 11 is 1.56. The second-order valence-electron chi connectivity index (χ2n) is 6.51. The van der Waals surface area contributed by atoms with E-state index in [0.717, 1.165) is 0 Å². The number of hydrogen-bond donors (Lipinski definition) is 1. The maximum absolute atomic E-state index is 12.6. The number of fused-ring (bicyclic) bond motifs is 3. The lowest BCUT2D eigenvalue weighted by Gasteiger charge is -2.44. The topological polar surface area (TPSA) is 116 Å². The van der Waals surface area contributed by atoms with Crippen LogP contribution in [0.5, 0.6) is 0 Å². The molecule has 1 amide bonds. The second-order valence-corrected chi connectivity index (χ2v) is 8.13. The van der Waals surface area contributed by atoms with Crippen LogP contribution in [0.3, 0.4) is 0 Å². The third-order valence-corrected chi connectivity index (χ3v) is 6.82. The average molecular weight is 349 g/mol. The number of nitro groups is 1. The van der Waals surface area contributed by atoms with Gasteiger partial charge in [0.1, 0.15) is 18.0 Å². The van der Waals surface area contributed by atoms with Gasteiger partial charge in [0.25, 0.3) is 5.69 Å². The molecule has 0 aromatic heterocycles. The lowest BCUT2D eigenvalue weighted by molar-refractivity contribution is -0.384. The van der Waals surface area contributed by atoms with E-state index in [1.807, 2.05) is 6.92 Å². The van der Waals surface area contributed by atoms with Crippen LogP contribution in [0.2, 0.25) is 0 Å². The molecule has 3 fully saturated rings. The highest BCUT2D eigenvalue weighted by molar-refractivity contribution is 8.02. The average Bonchev–Trinajstić information content (AvgIpc) is 3.10. The fraction of sp³-hybridized carbons (Fsp3) is 0.467. The number of β-lactam (4-membered cyclic amide) rings is 1. The van der Waals surface area contributed by atoms with Crippen molar-refractivity contribution in [3.63, 3.8) is 0 Å². The highest BCUT2D eigenvalue weighted by Gasteiger charge is 2.84. The van der Waals surface area contributed by atoms with Crippen LogP contribution >= 0.6 is 11.8 Å². The first-order valence-corrected chi connectivity index (χ1v) is 8.35. The van der Waals surface area contributed by atoms with Crippen LogP contribution in [0.25, 0.3) is 0 Å². The predicted molar refractivity (Wildman–Crippen MR) is 84.8 cm³/mol. The van der Waals surface area contributed by atoms with Gasteiger partial charge in [0.05, 0.1) is 9.67 Å². The number of hydrogen-bond acceptors (Lipinski definition) is 7. The molecule has 2 N–H and O–H groups in total. The van der Waals surface area contributed by atoms with Crippen LogP contribution in [0.1, 0.15) is 18.9 Å². The molecule has 1 aromatic carbocycles. The van der Waals surface area contributed by atoms with Crippen LogP contribution in [0.15, 0.2) is 24.3 Å². The normalized spacial score (nSPS) is 35.8. The first kappa shape index (κ1) is 15.4. The van der Waals surface area contributed by atoms with Crippen molar-refractivity contribution < 1.29 is 19.2 Å². The number of ether oxygens (including phenoxy) is 1. The number of amides is 1. The van der Waals surface area contributed by atoms with Gasteiger partial charge in [-0.1, -0.05) is 0 Å². The molecule has 24 heavy (non-hydrogen) atoms. The molecule has 2 aliphatic heterocycles. The first-order valence-electron chi connectivity index (χ1n) is 7.47. The first-order chi connectivity index (χ1) is 11.3. The van der Waals surface area contributed by atoms with Gasteiger partial charge >= 0.3 is 5.97 Å². The maximum Gasteiger partial charge on any atom is 0.333 e. The van der Waals surface area contributed by atoms with Crippen molar-refractivity contribution in [2.75, 3.05) is 0 Å². The van der Waals surface area contributed by atoms with Gasteiger partial charge in [-0.25, -0.2) is 4.79 Å². The van der Waals surface area contributed by atoms with Crippen molar-refractivity contribution in [3.05, 3.63) is 39.9 Å². The van der Waals surface area contributed by atoms with Crippen molar-refractivity contribution in [1.29, 1.82) is 0 Å². The van der Waals surface area contributed by atoms with Crippen molar-refractivity contribution in [2.45, 2.75) is 41.7 Å². The molecule has 9 heteroatoms. The second kappa shape index (κ2) is 4.70. The summed E-state index contributed by atoms with van der Waals surface area (Å²) in [5, 5.41) is 10.5. The van der Waals surface area contributed by atoms with E-state index in [0.29, 0.717) is 12.0 Å². The monoisotopic (exact) mass is 349 g/mol. The number of rotatable bonds is 4. The van der Waals surface area contributed by atoms with Gasteiger partial charge in [-0.2, -0.15) is 0 Å². The Morgan fingerprint density at radius 2 is 2.17 bits per heavy atom. The number of nitro benzene ring substituents is 1. The molecule has 0 radical (unpaired) electrons. The van der Waals surface area contributed by atoms with E-state index in [9.17, 15) is 19.7 Å². The molecular formula is C15H15N3O5S. The Morgan fingerprint density at radius 3 is 2.79 bits per heavy atom. The number of benzene rings is 1. The summed E-state index contributed by atoms with van der Waals surface area (Å²) in [6, 6.07) is 5.28. The smallest absolute Gasteiger partial charge is 0.333 e. The molecule has 4 rings (SSSR count). The van der Waals surface area contributed by atoms with Gasteiger partial charge in [-0.15, -0.1) is 11.8 Å². The molecule has 4 atom stereocenters. The number of esters is 1. The molecule has 0 spiro atoms. The van der Waals surface area contributed by atoms with Crippen molar-refractivity contribution in [2.24, 2.45) is 5.73 Å². The van der Waals surface area contributed by atoms with E-state index in [-0.39, 0.29) is 28.3 Å². The number of carbonyl (C=O) groups excluding carboxylic acids is 2. The maximum atomic E-state index is 12.6. The third-order valence-electron chi connectivity index (χ3n) is 5.07. The molecule has 1 unspecified atom stereocenters. The molecule has 1 aromatic rings. The molecule has 0 bridgehead atoms. The van der Waals surface area contributed by atoms with Crippen LogP contribution in [-0.4, -0.2) is 43.4 Å². The van der Waals surface area contributed by atoms with E-state index in [1.165, 1.54) is 12.1 Å². The molecule has 126 valence electrons. The number of carbonyl (C=O) groups is 2. The Bertz CT molecular complexity index is 769. The quantitative estimate of drug-likeness (QED) is 0.369. The van der Waals surface area contributed by atoms with E-state index in [1.54, 1.807) is 28.8 Å². The lowest BCUT2D eigenvalue weighted by Crippen LogP contribution is -2.70. The zero-order valence-corrected chi connectivity index (χ0v) is 13.6.